The van der Waals surface area contributed by atoms with Gasteiger partial charge in [-0.2, -0.15) is 0 Å². The molecule has 0 aromatic heterocycles. The molecule has 3 nitrogen and oxygen atoms in total. The molecular weight excluding hydrogens is 477 g/mol. The number of allylic oxidation sites excluding steroid dienone is 5. The van der Waals surface area contributed by atoms with Crippen molar-refractivity contribution >= 4 is 5.83 Å². The lowest BCUT2D eigenvalue weighted by Crippen LogP contribution is -2.30. The van der Waals surface area contributed by atoms with Gasteiger partial charge in [0.2, 0.25) is 0 Å². The summed E-state index contributed by atoms with van der Waals surface area (Å²) < 4.78 is 59.7. The second-order valence-electron chi connectivity index (χ2n) is 9.09. The molecule has 0 spiro atoms. The van der Waals surface area contributed by atoms with Gasteiger partial charge in [0.05, 0.1) is 19.8 Å². The van der Waals surface area contributed by atoms with Crippen molar-refractivity contribution in [3.05, 3.63) is 89.5 Å². The van der Waals surface area contributed by atoms with Gasteiger partial charge in [0.1, 0.15) is 24.1 Å². The van der Waals surface area contributed by atoms with Crippen LogP contribution < -0.4 is 0 Å². The van der Waals surface area contributed by atoms with Crippen LogP contribution in [-0.4, -0.2) is 32.8 Å². The Kier molecular flexibility index (Phi) is 12.0. The first-order chi connectivity index (χ1) is 18.0. The zero-order valence-electron chi connectivity index (χ0n) is 21.7. The topological polar surface area (TPSA) is 27.7 Å². The number of benzene rings is 2. The molecule has 0 bridgehead atoms. The summed E-state index contributed by atoms with van der Waals surface area (Å²) in [5.41, 5.74) is 2.22. The Morgan fingerprint density at radius 1 is 1.05 bits per heavy atom. The van der Waals surface area contributed by atoms with Crippen molar-refractivity contribution in [2.24, 2.45) is 0 Å². The lowest BCUT2D eigenvalue weighted by molar-refractivity contribution is -0.189. The molecule has 1 aliphatic heterocycles. The summed E-state index contributed by atoms with van der Waals surface area (Å²) in [6.45, 7) is 4.65. The second-order valence-corrected chi connectivity index (χ2v) is 9.09. The van der Waals surface area contributed by atoms with Crippen LogP contribution in [0.1, 0.15) is 63.0 Å². The SMILES string of the molecule is C/C=C/CCC1OCC(c2ccc(-c3ccc(/C(F)=C/C=C(\CF)OCCCCC)cc3)c(F)c2)CO1. The van der Waals surface area contributed by atoms with Crippen LogP contribution in [0.2, 0.25) is 0 Å². The molecule has 0 radical (unpaired) electrons. The van der Waals surface area contributed by atoms with E-state index in [1.54, 1.807) is 30.3 Å². The molecule has 0 N–H and O–H groups in total. The van der Waals surface area contributed by atoms with E-state index in [0.29, 0.717) is 36.5 Å². The fourth-order valence-electron chi connectivity index (χ4n) is 4.08. The Labute approximate surface area is 218 Å². The quantitative estimate of drug-likeness (QED) is 0.116. The van der Waals surface area contributed by atoms with Gasteiger partial charge in [-0.25, -0.2) is 13.2 Å². The van der Waals surface area contributed by atoms with E-state index in [-0.39, 0.29) is 23.8 Å². The number of ether oxygens (including phenoxy) is 3. The molecule has 1 saturated heterocycles. The fourth-order valence-corrected chi connectivity index (χ4v) is 4.08. The predicted octanol–water partition coefficient (Wildman–Crippen LogP) is 8.68. The van der Waals surface area contributed by atoms with Crippen LogP contribution in [0, 0.1) is 5.82 Å². The summed E-state index contributed by atoms with van der Waals surface area (Å²) in [4.78, 5) is 0. The Balaban J connectivity index is 1.60. The van der Waals surface area contributed by atoms with Gasteiger partial charge >= 0.3 is 0 Å². The minimum absolute atomic E-state index is 0.0268. The highest BCUT2D eigenvalue weighted by molar-refractivity contribution is 5.69. The van der Waals surface area contributed by atoms with Crippen molar-refractivity contribution in [2.45, 2.75) is 58.2 Å². The van der Waals surface area contributed by atoms with Crippen LogP contribution in [0.3, 0.4) is 0 Å². The number of rotatable bonds is 13. The summed E-state index contributed by atoms with van der Waals surface area (Å²) in [6.07, 6.45) is 10.9. The van der Waals surface area contributed by atoms with Crippen molar-refractivity contribution < 1.29 is 27.4 Å². The monoisotopic (exact) mass is 514 g/mol. The third-order valence-electron chi connectivity index (χ3n) is 6.29. The van der Waals surface area contributed by atoms with Crippen molar-refractivity contribution in [1.82, 2.24) is 0 Å². The third-order valence-corrected chi connectivity index (χ3v) is 6.29. The normalized spacial score (nSPS) is 18.9. The van der Waals surface area contributed by atoms with Gasteiger partial charge in [-0.05, 0) is 49.1 Å². The first-order valence-electron chi connectivity index (χ1n) is 13.0. The zero-order valence-corrected chi connectivity index (χ0v) is 21.7. The van der Waals surface area contributed by atoms with E-state index in [1.165, 1.54) is 18.2 Å². The Morgan fingerprint density at radius 3 is 2.46 bits per heavy atom. The standard InChI is InChI=1S/C31H37F3O3/c1-3-5-7-9-31-36-21-26(22-37-31)25-14-16-28(30(34)19-25)23-10-12-24(13-11-23)29(33)17-15-27(20-32)35-18-8-6-4-2/h3,5,10-17,19,26,31H,4,6-9,18,20-22H2,1-2H3/b5-3+,27-15+,29-17-. The van der Waals surface area contributed by atoms with Gasteiger partial charge < -0.3 is 14.2 Å². The molecule has 3 rings (SSSR count). The number of alkyl halides is 1. The van der Waals surface area contributed by atoms with Crippen LogP contribution in [0.25, 0.3) is 17.0 Å². The van der Waals surface area contributed by atoms with Crippen molar-refractivity contribution in [3.8, 4) is 11.1 Å². The van der Waals surface area contributed by atoms with E-state index in [2.05, 4.69) is 13.0 Å². The smallest absolute Gasteiger partial charge is 0.157 e. The maximum atomic E-state index is 15.0. The molecule has 0 aliphatic carbocycles. The summed E-state index contributed by atoms with van der Waals surface area (Å²) >= 11 is 0. The maximum absolute atomic E-state index is 15.0. The van der Waals surface area contributed by atoms with Crippen molar-refractivity contribution in [2.75, 3.05) is 26.5 Å². The molecule has 1 fully saturated rings. The number of hydrogen-bond acceptors (Lipinski definition) is 3. The highest BCUT2D eigenvalue weighted by Crippen LogP contribution is 2.30. The van der Waals surface area contributed by atoms with E-state index in [9.17, 15) is 13.2 Å². The Hall–Kier alpha value is -2.83. The molecule has 0 atom stereocenters. The lowest BCUT2D eigenvalue weighted by atomic mass is 9.95. The summed E-state index contributed by atoms with van der Waals surface area (Å²) in [6, 6.07) is 11.6. The van der Waals surface area contributed by atoms with E-state index in [1.807, 2.05) is 19.1 Å². The van der Waals surface area contributed by atoms with E-state index >= 15 is 0 Å². The Bertz CT molecular complexity index is 1050. The first-order valence-corrected chi connectivity index (χ1v) is 13.0. The van der Waals surface area contributed by atoms with Gasteiger partial charge in [-0.3, -0.25) is 0 Å². The van der Waals surface area contributed by atoms with E-state index in [4.69, 9.17) is 14.2 Å². The zero-order chi connectivity index (χ0) is 26.5. The average molecular weight is 515 g/mol. The summed E-state index contributed by atoms with van der Waals surface area (Å²) in [5, 5.41) is 0. The average Bonchev–Trinajstić information content (AvgIpc) is 2.93. The predicted molar refractivity (Wildman–Crippen MR) is 143 cm³/mol. The molecular formula is C31H37F3O3. The molecule has 0 amide bonds. The molecule has 1 aliphatic rings. The highest BCUT2D eigenvalue weighted by Gasteiger charge is 2.24. The minimum Gasteiger partial charge on any atom is -0.495 e. The first kappa shape index (κ1) is 28.7. The number of hydrogen-bond donors (Lipinski definition) is 0. The maximum Gasteiger partial charge on any atom is 0.157 e. The van der Waals surface area contributed by atoms with Crippen LogP contribution in [0.5, 0.6) is 0 Å². The van der Waals surface area contributed by atoms with Gasteiger partial charge in [-0.1, -0.05) is 68.3 Å². The van der Waals surface area contributed by atoms with Crippen LogP contribution in [-0.2, 0) is 14.2 Å². The molecule has 37 heavy (non-hydrogen) atoms. The molecule has 200 valence electrons. The molecule has 2 aromatic carbocycles. The largest absolute Gasteiger partial charge is 0.495 e. The minimum atomic E-state index is -0.791. The van der Waals surface area contributed by atoms with Crippen LogP contribution >= 0.6 is 0 Å². The van der Waals surface area contributed by atoms with Gasteiger partial charge in [0.15, 0.2) is 6.29 Å². The number of unbranched alkanes of at least 4 members (excludes halogenated alkanes) is 2. The fraction of sp³-hybridized carbons (Fsp3) is 0.419. The summed E-state index contributed by atoms with van der Waals surface area (Å²) in [7, 11) is 0. The molecule has 2 aromatic rings. The van der Waals surface area contributed by atoms with E-state index < -0.39 is 12.5 Å². The molecule has 1 heterocycles. The van der Waals surface area contributed by atoms with Crippen LogP contribution in [0.4, 0.5) is 13.2 Å². The van der Waals surface area contributed by atoms with E-state index in [0.717, 1.165) is 37.7 Å². The molecule has 0 unspecified atom stereocenters. The van der Waals surface area contributed by atoms with Crippen molar-refractivity contribution in [3.63, 3.8) is 0 Å². The molecule has 0 saturated carbocycles. The lowest BCUT2D eigenvalue weighted by Gasteiger charge is -2.29. The van der Waals surface area contributed by atoms with Crippen LogP contribution in [0.15, 0.2) is 72.5 Å². The second kappa shape index (κ2) is 15.4. The van der Waals surface area contributed by atoms with Gasteiger partial charge in [0, 0.05) is 23.5 Å². The summed E-state index contributed by atoms with van der Waals surface area (Å²) in [5.74, 6) is -0.803. The number of halogens is 3. The highest BCUT2D eigenvalue weighted by atomic mass is 19.1. The van der Waals surface area contributed by atoms with Crippen molar-refractivity contribution in [1.29, 1.82) is 0 Å². The van der Waals surface area contributed by atoms with Gasteiger partial charge in [0.25, 0.3) is 0 Å². The molecule has 6 heteroatoms. The van der Waals surface area contributed by atoms with Gasteiger partial charge in [-0.15, -0.1) is 0 Å². The third kappa shape index (κ3) is 8.90. The Morgan fingerprint density at radius 2 is 1.81 bits per heavy atom.